The first-order valence-corrected chi connectivity index (χ1v) is 9.73. The molecule has 0 atom stereocenters. The maximum atomic E-state index is 12.8. The van der Waals surface area contributed by atoms with Gasteiger partial charge in [-0.2, -0.15) is 0 Å². The van der Waals surface area contributed by atoms with E-state index in [-0.39, 0.29) is 11.8 Å². The molecule has 8 nitrogen and oxygen atoms in total. The number of amides is 2. The SMILES string of the molecule is COc1cccc(CCNc2nc(C)cc(C(=O)N3CCN(C(C)=O)CC3)n2)c1. The normalized spacial score (nSPS) is 13.9. The van der Waals surface area contributed by atoms with E-state index in [9.17, 15) is 9.59 Å². The van der Waals surface area contributed by atoms with Crippen molar-refractivity contribution in [1.29, 1.82) is 0 Å². The first-order valence-electron chi connectivity index (χ1n) is 9.73. The van der Waals surface area contributed by atoms with E-state index in [1.165, 1.54) is 0 Å². The quantitative estimate of drug-likeness (QED) is 0.799. The molecule has 0 saturated carbocycles. The van der Waals surface area contributed by atoms with Crippen molar-refractivity contribution >= 4 is 17.8 Å². The van der Waals surface area contributed by atoms with Crippen LogP contribution in [-0.2, 0) is 11.2 Å². The van der Waals surface area contributed by atoms with Crippen LogP contribution in [0.15, 0.2) is 30.3 Å². The highest BCUT2D eigenvalue weighted by molar-refractivity contribution is 5.93. The summed E-state index contributed by atoms with van der Waals surface area (Å²) in [6.07, 6.45) is 0.783. The van der Waals surface area contributed by atoms with E-state index in [4.69, 9.17) is 4.74 Å². The van der Waals surface area contributed by atoms with Crippen molar-refractivity contribution in [3.05, 3.63) is 47.3 Å². The van der Waals surface area contributed by atoms with Crippen molar-refractivity contribution in [2.45, 2.75) is 20.3 Å². The van der Waals surface area contributed by atoms with Crippen LogP contribution >= 0.6 is 0 Å². The third kappa shape index (κ3) is 5.43. The van der Waals surface area contributed by atoms with E-state index in [2.05, 4.69) is 15.3 Å². The molecule has 1 N–H and O–H groups in total. The molecule has 0 radical (unpaired) electrons. The minimum absolute atomic E-state index is 0.0394. The zero-order valence-electron chi connectivity index (χ0n) is 17.1. The average molecular weight is 397 g/mol. The number of hydrogen-bond acceptors (Lipinski definition) is 6. The number of rotatable bonds is 6. The van der Waals surface area contributed by atoms with Gasteiger partial charge in [0, 0.05) is 45.3 Å². The topological polar surface area (TPSA) is 87.7 Å². The van der Waals surface area contributed by atoms with Crippen LogP contribution in [0, 0.1) is 6.92 Å². The Labute approximate surface area is 170 Å². The lowest BCUT2D eigenvalue weighted by atomic mass is 10.1. The first kappa shape index (κ1) is 20.6. The van der Waals surface area contributed by atoms with E-state index in [0.717, 1.165) is 23.4 Å². The Balaban J connectivity index is 1.60. The molecule has 2 aromatic rings. The molecule has 8 heteroatoms. The fourth-order valence-electron chi connectivity index (χ4n) is 3.29. The number of aryl methyl sites for hydroxylation is 1. The summed E-state index contributed by atoms with van der Waals surface area (Å²) in [7, 11) is 1.65. The number of anilines is 1. The molecule has 1 aromatic carbocycles. The maximum Gasteiger partial charge on any atom is 0.272 e. The van der Waals surface area contributed by atoms with E-state index in [1.807, 2.05) is 31.2 Å². The van der Waals surface area contributed by atoms with Gasteiger partial charge in [-0.3, -0.25) is 9.59 Å². The zero-order chi connectivity index (χ0) is 20.8. The highest BCUT2D eigenvalue weighted by Crippen LogP contribution is 2.14. The second kappa shape index (κ2) is 9.36. The van der Waals surface area contributed by atoms with E-state index in [0.29, 0.717) is 44.4 Å². The lowest BCUT2D eigenvalue weighted by molar-refractivity contribution is -0.130. The Morgan fingerprint density at radius 3 is 2.52 bits per heavy atom. The Kier molecular flexibility index (Phi) is 6.64. The zero-order valence-corrected chi connectivity index (χ0v) is 17.1. The van der Waals surface area contributed by atoms with Crippen molar-refractivity contribution in [1.82, 2.24) is 19.8 Å². The van der Waals surface area contributed by atoms with Crippen LogP contribution in [0.1, 0.15) is 28.7 Å². The average Bonchev–Trinajstić information content (AvgIpc) is 2.73. The predicted molar refractivity (Wildman–Crippen MR) is 110 cm³/mol. The maximum absolute atomic E-state index is 12.8. The lowest BCUT2D eigenvalue weighted by Gasteiger charge is -2.34. The Morgan fingerprint density at radius 2 is 1.83 bits per heavy atom. The van der Waals surface area contributed by atoms with Crippen molar-refractivity contribution in [3.63, 3.8) is 0 Å². The molecule has 1 aliphatic rings. The van der Waals surface area contributed by atoms with E-state index < -0.39 is 0 Å². The monoisotopic (exact) mass is 397 g/mol. The summed E-state index contributed by atoms with van der Waals surface area (Å²) in [5, 5.41) is 3.20. The highest BCUT2D eigenvalue weighted by Gasteiger charge is 2.24. The molecule has 1 fully saturated rings. The summed E-state index contributed by atoms with van der Waals surface area (Å²) in [6, 6.07) is 9.60. The summed E-state index contributed by atoms with van der Waals surface area (Å²) in [4.78, 5) is 36.6. The number of ether oxygens (including phenoxy) is 1. The number of nitrogens with zero attached hydrogens (tertiary/aromatic N) is 4. The van der Waals surface area contributed by atoms with Crippen molar-refractivity contribution < 1.29 is 14.3 Å². The molecule has 0 bridgehead atoms. The molecule has 3 rings (SSSR count). The van der Waals surface area contributed by atoms with Gasteiger partial charge >= 0.3 is 0 Å². The van der Waals surface area contributed by atoms with E-state index >= 15 is 0 Å². The van der Waals surface area contributed by atoms with E-state index in [1.54, 1.807) is 29.9 Å². The van der Waals surface area contributed by atoms with Crippen LogP contribution in [0.25, 0.3) is 0 Å². The van der Waals surface area contributed by atoms with Gasteiger partial charge in [-0.15, -0.1) is 0 Å². The molecule has 0 unspecified atom stereocenters. The Hall–Kier alpha value is -3.16. The molecule has 0 aliphatic carbocycles. The Bertz CT molecular complexity index is 878. The fourth-order valence-corrected chi connectivity index (χ4v) is 3.29. The number of carbonyl (C=O) groups excluding carboxylic acids is 2. The standard InChI is InChI=1S/C21H27N5O3/c1-15-13-19(20(28)26-11-9-25(10-12-26)16(2)27)24-21(23-15)22-8-7-17-5-4-6-18(14-17)29-3/h4-6,13-14H,7-12H2,1-3H3,(H,22,23,24). The molecule has 1 aromatic heterocycles. The minimum atomic E-state index is -0.130. The van der Waals surface area contributed by atoms with Crippen LogP contribution in [0.5, 0.6) is 5.75 Å². The van der Waals surface area contributed by atoms with Gasteiger partial charge in [0.25, 0.3) is 5.91 Å². The van der Waals surface area contributed by atoms with Crippen molar-refractivity contribution in [2.24, 2.45) is 0 Å². The summed E-state index contributed by atoms with van der Waals surface area (Å²) in [5.74, 6) is 1.18. The van der Waals surface area contributed by atoms with Crippen LogP contribution in [0.3, 0.4) is 0 Å². The van der Waals surface area contributed by atoms with Gasteiger partial charge in [-0.1, -0.05) is 12.1 Å². The largest absolute Gasteiger partial charge is 0.497 e. The number of carbonyl (C=O) groups is 2. The molecule has 29 heavy (non-hydrogen) atoms. The molecule has 154 valence electrons. The van der Waals surface area contributed by atoms with Crippen LogP contribution < -0.4 is 10.1 Å². The number of piperazine rings is 1. The summed E-state index contributed by atoms with van der Waals surface area (Å²) >= 11 is 0. The third-order valence-electron chi connectivity index (χ3n) is 4.92. The van der Waals surface area contributed by atoms with Gasteiger partial charge in [0.1, 0.15) is 11.4 Å². The minimum Gasteiger partial charge on any atom is -0.497 e. The van der Waals surface area contributed by atoms with Gasteiger partial charge < -0.3 is 19.9 Å². The predicted octanol–water partition coefficient (Wildman–Crippen LogP) is 1.75. The number of benzene rings is 1. The molecule has 0 spiro atoms. The van der Waals surface area contributed by atoms with Crippen LogP contribution in [-0.4, -0.2) is 71.4 Å². The number of methoxy groups -OCH3 is 1. The van der Waals surface area contributed by atoms with Crippen molar-refractivity contribution in [2.75, 3.05) is 45.2 Å². The molecule has 1 aliphatic heterocycles. The molecule has 2 amide bonds. The van der Waals surface area contributed by atoms with Gasteiger partial charge in [-0.25, -0.2) is 9.97 Å². The number of nitrogens with one attached hydrogen (secondary N) is 1. The first-order chi connectivity index (χ1) is 14.0. The Morgan fingerprint density at radius 1 is 1.10 bits per heavy atom. The second-order valence-electron chi connectivity index (χ2n) is 7.04. The molecular formula is C21H27N5O3. The fraction of sp³-hybridized carbons (Fsp3) is 0.429. The number of aromatic nitrogens is 2. The van der Waals surface area contributed by atoms with Gasteiger partial charge in [0.15, 0.2) is 0 Å². The smallest absolute Gasteiger partial charge is 0.272 e. The molecule has 1 saturated heterocycles. The van der Waals surface area contributed by atoms with Gasteiger partial charge in [-0.05, 0) is 37.1 Å². The lowest BCUT2D eigenvalue weighted by Crippen LogP contribution is -2.50. The molecular weight excluding hydrogens is 370 g/mol. The number of hydrogen-bond donors (Lipinski definition) is 1. The van der Waals surface area contributed by atoms with Gasteiger partial charge in [0.2, 0.25) is 11.9 Å². The summed E-state index contributed by atoms with van der Waals surface area (Å²) < 4.78 is 5.25. The van der Waals surface area contributed by atoms with Gasteiger partial charge in [0.05, 0.1) is 7.11 Å². The third-order valence-corrected chi connectivity index (χ3v) is 4.92. The van der Waals surface area contributed by atoms with Crippen molar-refractivity contribution in [3.8, 4) is 5.75 Å². The van der Waals surface area contributed by atoms with Crippen LogP contribution in [0.4, 0.5) is 5.95 Å². The highest BCUT2D eigenvalue weighted by atomic mass is 16.5. The van der Waals surface area contributed by atoms with Crippen LogP contribution in [0.2, 0.25) is 0 Å². The second-order valence-corrected chi connectivity index (χ2v) is 7.04. The molecule has 2 heterocycles. The summed E-state index contributed by atoms with van der Waals surface area (Å²) in [5.41, 5.74) is 2.25. The summed E-state index contributed by atoms with van der Waals surface area (Å²) in [6.45, 7) is 6.17.